The number of ether oxygens (including phenoxy) is 3. The van der Waals surface area contributed by atoms with E-state index in [-0.39, 0.29) is 31.1 Å². The molecule has 4 aliphatic heterocycles. The molecular weight excluding hydrogens is 979 g/mol. The first-order valence-electron chi connectivity index (χ1n) is 22.3. The number of esters is 1. The number of halogens is 1. The van der Waals surface area contributed by atoms with Crippen LogP contribution in [-0.4, -0.2) is 171 Å². The number of morpholine rings is 2. The molecule has 20 nitrogen and oxygen atoms in total. The number of fused-ring (bicyclic) bond motifs is 2. The lowest BCUT2D eigenvalue weighted by molar-refractivity contribution is -0.138. The molecule has 8 heterocycles. The van der Waals surface area contributed by atoms with E-state index in [1.54, 1.807) is 54.1 Å². The molecule has 6 aromatic rings. The maximum absolute atomic E-state index is 12.5. The highest BCUT2D eigenvalue weighted by atomic mass is 79.9. The van der Waals surface area contributed by atoms with Gasteiger partial charge in [0, 0.05) is 76.2 Å². The number of methoxy groups -OCH3 is 1. The summed E-state index contributed by atoms with van der Waals surface area (Å²) in [5, 5.41) is 30.0. The van der Waals surface area contributed by atoms with Crippen molar-refractivity contribution in [3.63, 3.8) is 0 Å². The standard InChI is InChI=1S/C25H25N5O5.C17H16BrN5O2.C7H9NO2.CH4/c1-28-9-8-25(33,24(28)32)7-6-17-4-3-5-18(14-17)30-22-20(21(27-30)23(31)34-2)15-19(16-26-22)29-10-12-35-13-11-29;18-11-2-1-3-12(8-11)23-17-14(15(21-23)16(19)24)9-13(10-20-17)22-4-6-25-7-5-22;1-3-7(10)4-5-8(2)6(7)9;/h3-5,14-16,33H,8-13H2,1-2H3;1-3,8-10H,4-7H2,(H2,19,24);1,10H,4-5H2,2H3;1H4/t25-;;7-;/m0.0./s1. The fraction of sp³-hybridized carbons (Fsp3) is 0.360. The van der Waals surface area contributed by atoms with Gasteiger partial charge in [0.05, 0.1) is 79.5 Å². The number of terminal acetylenes is 1. The first kappa shape index (κ1) is 51.5. The molecule has 4 fully saturated rings. The Labute approximate surface area is 418 Å². The van der Waals surface area contributed by atoms with Gasteiger partial charge in [-0.1, -0.05) is 53.3 Å². The Morgan fingerprint density at radius 3 is 1.69 bits per heavy atom. The van der Waals surface area contributed by atoms with E-state index < -0.39 is 29.0 Å². The van der Waals surface area contributed by atoms with Crippen molar-refractivity contribution in [1.29, 1.82) is 0 Å². The number of benzene rings is 2. The maximum Gasteiger partial charge on any atom is 0.359 e. The van der Waals surface area contributed by atoms with Crippen LogP contribution >= 0.6 is 15.9 Å². The summed E-state index contributed by atoms with van der Waals surface area (Å²) >= 11 is 3.45. The number of carbonyl (C=O) groups excluding carboxylic acids is 4. The number of amides is 3. The van der Waals surface area contributed by atoms with Gasteiger partial charge >= 0.3 is 5.97 Å². The minimum Gasteiger partial charge on any atom is -0.464 e. The molecule has 4 saturated heterocycles. The monoisotopic (exact) mass is 1030 g/mol. The fourth-order valence-corrected chi connectivity index (χ4v) is 8.60. The van der Waals surface area contributed by atoms with Gasteiger partial charge in [-0.3, -0.25) is 14.4 Å². The van der Waals surface area contributed by atoms with Crippen molar-refractivity contribution in [1.82, 2.24) is 39.3 Å². The van der Waals surface area contributed by atoms with Crippen LogP contribution in [0, 0.1) is 24.2 Å². The molecule has 0 unspecified atom stereocenters. The average Bonchev–Trinajstić information content (AvgIpc) is 4.12. The second-order valence-electron chi connectivity index (χ2n) is 16.8. The van der Waals surface area contributed by atoms with Crippen LogP contribution in [0.1, 0.15) is 46.8 Å². The van der Waals surface area contributed by atoms with Crippen molar-refractivity contribution in [3.8, 4) is 35.6 Å². The van der Waals surface area contributed by atoms with Crippen LogP contribution in [0.5, 0.6) is 0 Å². The quantitative estimate of drug-likeness (QED) is 0.161. The van der Waals surface area contributed by atoms with Gasteiger partial charge < -0.3 is 49.8 Å². The summed E-state index contributed by atoms with van der Waals surface area (Å²) in [6.07, 6.45) is 9.14. The van der Waals surface area contributed by atoms with Gasteiger partial charge in [0.15, 0.2) is 22.7 Å². The molecule has 0 aliphatic carbocycles. The van der Waals surface area contributed by atoms with Crippen LogP contribution in [0.3, 0.4) is 0 Å². The Balaban J connectivity index is 0.000000179. The van der Waals surface area contributed by atoms with E-state index in [0.717, 1.165) is 47.7 Å². The second kappa shape index (κ2) is 21.7. The largest absolute Gasteiger partial charge is 0.464 e. The average molecular weight is 1030 g/mol. The molecule has 4 N–H and O–H groups in total. The van der Waals surface area contributed by atoms with Crippen LogP contribution in [-0.2, 0) is 23.8 Å². The zero-order valence-electron chi connectivity index (χ0n) is 38.7. The van der Waals surface area contributed by atoms with E-state index in [9.17, 15) is 29.4 Å². The first-order valence-corrected chi connectivity index (χ1v) is 23.1. The van der Waals surface area contributed by atoms with Crippen LogP contribution < -0.4 is 15.5 Å². The van der Waals surface area contributed by atoms with Gasteiger partial charge in [-0.2, -0.15) is 10.2 Å². The molecule has 0 bridgehead atoms. The molecular formula is C50H54BrN11O9. The molecule has 4 aliphatic rings. The number of nitrogens with two attached hydrogens (primary N) is 1. The minimum atomic E-state index is -1.68. The molecule has 2 atom stereocenters. The van der Waals surface area contributed by atoms with E-state index in [4.69, 9.17) is 26.4 Å². The number of aliphatic hydroxyl groups is 2. The Morgan fingerprint density at radius 2 is 1.23 bits per heavy atom. The fourth-order valence-electron chi connectivity index (χ4n) is 8.22. The smallest absolute Gasteiger partial charge is 0.359 e. The molecule has 0 spiro atoms. The normalized spacial score (nSPS) is 19.7. The van der Waals surface area contributed by atoms with Crippen molar-refractivity contribution in [3.05, 3.63) is 94.5 Å². The Hall–Kier alpha value is -7.40. The summed E-state index contributed by atoms with van der Waals surface area (Å²) < 4.78 is 19.9. The SMILES string of the molecule is C.C#C[C@]1(O)CCN(C)C1=O.COC(=O)c1nn(-c2cccc(C#C[C@]3(O)CCN(C)C3=O)c2)c2ncc(N3CCOCC3)cc12.NC(=O)c1nn(-c2cccc(Br)c2)c2ncc(N3CCOCC3)cc12. The lowest BCUT2D eigenvalue weighted by atomic mass is 10.0. The van der Waals surface area contributed by atoms with Crippen LogP contribution in [0.15, 0.2) is 77.5 Å². The number of nitrogens with zero attached hydrogens (tertiary/aromatic N) is 10. The number of likely N-dealkylation sites (N-methyl/N-ethyl adjacent to an activating group) is 2. The molecule has 0 radical (unpaired) electrons. The predicted molar refractivity (Wildman–Crippen MR) is 268 cm³/mol. The number of pyridine rings is 2. The molecule has 0 saturated carbocycles. The number of carbonyl (C=O) groups is 4. The number of likely N-dealkylation sites (tertiary alicyclic amines) is 2. The zero-order valence-corrected chi connectivity index (χ0v) is 40.3. The summed E-state index contributed by atoms with van der Waals surface area (Å²) in [6, 6.07) is 18.6. The van der Waals surface area contributed by atoms with E-state index in [2.05, 4.69) is 63.7 Å². The lowest BCUT2D eigenvalue weighted by Gasteiger charge is -2.28. The molecule has 71 heavy (non-hydrogen) atoms. The highest BCUT2D eigenvalue weighted by Crippen LogP contribution is 2.29. The summed E-state index contributed by atoms with van der Waals surface area (Å²) in [4.78, 5) is 64.0. The van der Waals surface area contributed by atoms with Gasteiger partial charge in [-0.05, 0) is 48.5 Å². The summed E-state index contributed by atoms with van der Waals surface area (Å²) in [7, 11) is 4.58. The Morgan fingerprint density at radius 1 is 0.732 bits per heavy atom. The van der Waals surface area contributed by atoms with E-state index in [1.807, 2.05) is 42.5 Å². The molecule has 21 heteroatoms. The topological polar surface area (TPSA) is 237 Å². The molecule has 10 rings (SSSR count). The Bertz CT molecular complexity index is 3090. The van der Waals surface area contributed by atoms with Gasteiger partial charge in [-0.15, -0.1) is 6.42 Å². The highest BCUT2D eigenvalue weighted by Gasteiger charge is 2.43. The van der Waals surface area contributed by atoms with E-state index in [0.29, 0.717) is 79.3 Å². The number of primary amides is 1. The Kier molecular flexibility index (Phi) is 15.7. The maximum atomic E-state index is 12.5. The first-order chi connectivity index (χ1) is 33.6. The molecule has 2 aromatic carbocycles. The number of rotatable bonds is 6. The van der Waals surface area contributed by atoms with Crippen molar-refractivity contribution in [2.24, 2.45) is 5.73 Å². The van der Waals surface area contributed by atoms with Crippen LogP contribution in [0.2, 0.25) is 0 Å². The molecule has 3 amide bonds. The number of anilines is 2. The van der Waals surface area contributed by atoms with Gasteiger partial charge in [0.25, 0.3) is 17.7 Å². The van der Waals surface area contributed by atoms with Crippen molar-refractivity contribution in [2.45, 2.75) is 31.5 Å². The van der Waals surface area contributed by atoms with Crippen LogP contribution in [0.25, 0.3) is 33.4 Å². The van der Waals surface area contributed by atoms with Crippen LogP contribution in [0.4, 0.5) is 11.4 Å². The highest BCUT2D eigenvalue weighted by molar-refractivity contribution is 9.10. The number of aromatic nitrogens is 6. The van der Waals surface area contributed by atoms with Gasteiger partial charge in [0.2, 0.25) is 11.2 Å². The van der Waals surface area contributed by atoms with Gasteiger partial charge in [0.1, 0.15) is 0 Å². The third-order valence-corrected chi connectivity index (χ3v) is 12.7. The van der Waals surface area contributed by atoms with Gasteiger partial charge in [-0.25, -0.2) is 24.1 Å². The lowest BCUT2D eigenvalue weighted by Crippen LogP contribution is -2.37. The molecule has 4 aromatic heterocycles. The summed E-state index contributed by atoms with van der Waals surface area (Å²) in [5.41, 5.74) is 7.67. The third kappa shape index (κ3) is 10.8. The zero-order chi connectivity index (χ0) is 49.7. The summed E-state index contributed by atoms with van der Waals surface area (Å²) in [6.45, 7) is 6.67. The van der Waals surface area contributed by atoms with E-state index in [1.165, 1.54) is 16.9 Å². The molecule has 370 valence electrons. The summed E-state index contributed by atoms with van der Waals surface area (Å²) in [5.74, 6) is 5.83. The second-order valence-corrected chi connectivity index (χ2v) is 17.7. The minimum absolute atomic E-state index is 0. The third-order valence-electron chi connectivity index (χ3n) is 12.2. The van der Waals surface area contributed by atoms with E-state index >= 15 is 0 Å². The van der Waals surface area contributed by atoms with Crippen molar-refractivity contribution >= 4 is 73.1 Å². The number of hydrogen-bond donors (Lipinski definition) is 3. The predicted octanol–water partition coefficient (Wildman–Crippen LogP) is 2.96. The van der Waals surface area contributed by atoms with Crippen molar-refractivity contribution in [2.75, 3.05) is 96.7 Å². The van der Waals surface area contributed by atoms with Crippen molar-refractivity contribution < 1.29 is 43.6 Å². The number of hydrogen-bond acceptors (Lipinski definition) is 15.